The molecule has 2 aromatic rings. The quantitative estimate of drug-likeness (QED) is 0.801. The molecule has 0 fully saturated rings. The summed E-state index contributed by atoms with van der Waals surface area (Å²) in [4.78, 5) is 11.1. The van der Waals surface area contributed by atoms with Crippen molar-refractivity contribution in [2.45, 2.75) is 13.5 Å². The molecule has 1 aromatic carbocycles. The monoisotopic (exact) mass is 234 g/mol. The van der Waals surface area contributed by atoms with Crippen LogP contribution in [0.15, 0.2) is 24.3 Å². The number of hydrogen-bond acceptors (Lipinski definition) is 3. The standard InChI is InChI=1S/C12H14N2O3/c1-2-17-8-7-14-10-6-4-3-5-9(10)11(13-14)12(15)16/h3-6H,2,7-8H2,1H3,(H,15,16). The second-order valence-electron chi connectivity index (χ2n) is 3.59. The molecule has 0 atom stereocenters. The highest BCUT2D eigenvalue weighted by atomic mass is 16.5. The molecular weight excluding hydrogens is 220 g/mol. The molecule has 0 radical (unpaired) electrons. The summed E-state index contributed by atoms with van der Waals surface area (Å²) in [5.41, 5.74) is 0.918. The number of fused-ring (bicyclic) bond motifs is 1. The van der Waals surface area contributed by atoms with Gasteiger partial charge in [0.05, 0.1) is 18.7 Å². The molecule has 90 valence electrons. The van der Waals surface area contributed by atoms with Crippen molar-refractivity contribution in [1.82, 2.24) is 9.78 Å². The van der Waals surface area contributed by atoms with Gasteiger partial charge in [-0.3, -0.25) is 4.68 Å². The van der Waals surface area contributed by atoms with Crippen molar-refractivity contribution in [3.05, 3.63) is 30.0 Å². The average Bonchev–Trinajstić information content (AvgIpc) is 2.69. The Balaban J connectivity index is 2.38. The van der Waals surface area contributed by atoms with Crippen molar-refractivity contribution in [2.75, 3.05) is 13.2 Å². The summed E-state index contributed by atoms with van der Waals surface area (Å²) in [7, 11) is 0. The molecule has 0 aliphatic carbocycles. The van der Waals surface area contributed by atoms with Gasteiger partial charge in [-0.05, 0) is 13.0 Å². The van der Waals surface area contributed by atoms with E-state index >= 15 is 0 Å². The van der Waals surface area contributed by atoms with Crippen LogP contribution in [0.3, 0.4) is 0 Å². The predicted octanol–water partition coefficient (Wildman–Crippen LogP) is 1.77. The fourth-order valence-corrected chi connectivity index (χ4v) is 1.75. The number of benzene rings is 1. The molecule has 0 amide bonds. The van der Waals surface area contributed by atoms with E-state index in [1.54, 1.807) is 10.7 Å². The van der Waals surface area contributed by atoms with Crippen LogP contribution in [0.5, 0.6) is 0 Å². The van der Waals surface area contributed by atoms with Crippen molar-refractivity contribution < 1.29 is 14.6 Å². The third kappa shape index (κ3) is 2.29. The maximum absolute atomic E-state index is 11.1. The van der Waals surface area contributed by atoms with Crippen molar-refractivity contribution in [3.8, 4) is 0 Å². The molecule has 2 rings (SSSR count). The Labute approximate surface area is 98.6 Å². The minimum Gasteiger partial charge on any atom is -0.476 e. The first-order chi connectivity index (χ1) is 8.24. The minimum atomic E-state index is -1.00. The fraction of sp³-hybridized carbons (Fsp3) is 0.333. The summed E-state index contributed by atoms with van der Waals surface area (Å²) in [6.07, 6.45) is 0. The van der Waals surface area contributed by atoms with Crippen molar-refractivity contribution in [1.29, 1.82) is 0 Å². The summed E-state index contributed by atoms with van der Waals surface area (Å²) >= 11 is 0. The van der Waals surface area contributed by atoms with Crippen LogP contribution in [0.2, 0.25) is 0 Å². The van der Waals surface area contributed by atoms with Gasteiger partial charge < -0.3 is 9.84 Å². The minimum absolute atomic E-state index is 0.0945. The lowest BCUT2D eigenvalue weighted by Gasteiger charge is -2.02. The molecule has 0 bridgehead atoms. The first kappa shape index (κ1) is 11.6. The molecule has 0 spiro atoms. The first-order valence-electron chi connectivity index (χ1n) is 5.50. The van der Waals surface area contributed by atoms with Gasteiger partial charge in [0, 0.05) is 12.0 Å². The maximum atomic E-state index is 11.1. The van der Waals surface area contributed by atoms with E-state index in [-0.39, 0.29) is 5.69 Å². The number of ether oxygens (including phenoxy) is 1. The number of nitrogens with zero attached hydrogens (tertiary/aromatic N) is 2. The van der Waals surface area contributed by atoms with Gasteiger partial charge in [-0.25, -0.2) is 4.79 Å². The Hall–Kier alpha value is -1.88. The first-order valence-corrected chi connectivity index (χ1v) is 5.50. The van der Waals surface area contributed by atoms with Crippen molar-refractivity contribution in [2.24, 2.45) is 0 Å². The Kier molecular flexibility index (Phi) is 3.39. The van der Waals surface area contributed by atoms with E-state index in [9.17, 15) is 4.79 Å². The summed E-state index contributed by atoms with van der Waals surface area (Å²) in [6, 6.07) is 7.31. The number of rotatable bonds is 5. The molecule has 1 aromatic heterocycles. The SMILES string of the molecule is CCOCCn1nc(C(=O)O)c2ccccc21. The van der Waals surface area contributed by atoms with Crippen molar-refractivity contribution in [3.63, 3.8) is 0 Å². The van der Waals surface area contributed by atoms with E-state index in [4.69, 9.17) is 9.84 Å². The molecule has 17 heavy (non-hydrogen) atoms. The highest BCUT2D eigenvalue weighted by molar-refractivity contribution is 6.01. The Morgan fingerprint density at radius 2 is 2.24 bits per heavy atom. The lowest BCUT2D eigenvalue weighted by atomic mass is 10.2. The Bertz CT molecular complexity index is 534. The number of hydrogen-bond donors (Lipinski definition) is 1. The van der Waals surface area contributed by atoms with E-state index in [1.165, 1.54) is 0 Å². The smallest absolute Gasteiger partial charge is 0.357 e. The number of aromatic nitrogens is 2. The molecular formula is C12H14N2O3. The predicted molar refractivity (Wildman–Crippen MR) is 63.2 cm³/mol. The van der Waals surface area contributed by atoms with E-state index in [2.05, 4.69) is 5.10 Å². The van der Waals surface area contributed by atoms with Crippen LogP contribution in [-0.4, -0.2) is 34.1 Å². The zero-order valence-corrected chi connectivity index (χ0v) is 9.59. The lowest BCUT2D eigenvalue weighted by Crippen LogP contribution is -2.08. The van der Waals surface area contributed by atoms with Gasteiger partial charge in [0.15, 0.2) is 5.69 Å². The van der Waals surface area contributed by atoms with Gasteiger partial charge in [-0.1, -0.05) is 18.2 Å². The molecule has 0 aliphatic heterocycles. The zero-order valence-electron chi connectivity index (χ0n) is 9.59. The van der Waals surface area contributed by atoms with Crippen LogP contribution < -0.4 is 0 Å². The van der Waals surface area contributed by atoms with Crippen LogP contribution in [0.1, 0.15) is 17.4 Å². The number of carboxylic acid groups (broad SMARTS) is 1. The molecule has 0 aliphatic rings. The highest BCUT2D eigenvalue weighted by Gasteiger charge is 2.15. The van der Waals surface area contributed by atoms with Gasteiger partial charge in [0.2, 0.25) is 0 Å². The van der Waals surface area contributed by atoms with Gasteiger partial charge in [0.1, 0.15) is 0 Å². The van der Waals surface area contributed by atoms with Crippen molar-refractivity contribution >= 4 is 16.9 Å². The van der Waals surface area contributed by atoms with Gasteiger partial charge in [-0.2, -0.15) is 5.10 Å². The van der Waals surface area contributed by atoms with E-state index < -0.39 is 5.97 Å². The maximum Gasteiger partial charge on any atom is 0.357 e. The van der Waals surface area contributed by atoms with E-state index in [0.717, 1.165) is 5.52 Å². The number of carbonyl (C=O) groups is 1. The normalized spacial score (nSPS) is 10.9. The van der Waals surface area contributed by atoms with Crippen LogP contribution in [-0.2, 0) is 11.3 Å². The topological polar surface area (TPSA) is 64.4 Å². The van der Waals surface area contributed by atoms with Crippen LogP contribution in [0, 0.1) is 0 Å². The Morgan fingerprint density at radius 3 is 2.94 bits per heavy atom. The largest absolute Gasteiger partial charge is 0.476 e. The number of carboxylic acids is 1. The molecule has 0 saturated heterocycles. The Morgan fingerprint density at radius 1 is 1.47 bits per heavy atom. The van der Waals surface area contributed by atoms with Gasteiger partial charge in [0.25, 0.3) is 0 Å². The summed E-state index contributed by atoms with van der Waals surface area (Å²) in [5.74, 6) is -1.00. The van der Waals surface area contributed by atoms with Crippen LogP contribution in [0.25, 0.3) is 10.9 Å². The summed E-state index contributed by atoms with van der Waals surface area (Å²) in [5, 5.41) is 13.8. The zero-order chi connectivity index (χ0) is 12.3. The van der Waals surface area contributed by atoms with Crippen LogP contribution >= 0.6 is 0 Å². The molecule has 0 saturated carbocycles. The molecule has 1 N–H and O–H groups in total. The average molecular weight is 234 g/mol. The summed E-state index contributed by atoms with van der Waals surface area (Å²) in [6.45, 7) is 3.65. The van der Waals surface area contributed by atoms with Gasteiger partial charge >= 0.3 is 5.97 Å². The van der Waals surface area contributed by atoms with Crippen LogP contribution in [0.4, 0.5) is 0 Å². The van der Waals surface area contributed by atoms with Gasteiger partial charge in [-0.15, -0.1) is 0 Å². The molecule has 5 nitrogen and oxygen atoms in total. The second-order valence-corrected chi connectivity index (χ2v) is 3.59. The molecule has 0 unspecified atom stereocenters. The number of aromatic carboxylic acids is 1. The van der Waals surface area contributed by atoms with E-state index in [1.807, 2.05) is 25.1 Å². The summed E-state index contributed by atoms with van der Waals surface area (Å²) < 4.78 is 6.92. The third-order valence-electron chi connectivity index (χ3n) is 2.51. The molecule has 1 heterocycles. The van der Waals surface area contributed by atoms with E-state index in [0.29, 0.717) is 25.1 Å². The third-order valence-corrected chi connectivity index (χ3v) is 2.51. The number of para-hydroxylation sites is 1. The second kappa shape index (κ2) is 4.97. The highest BCUT2D eigenvalue weighted by Crippen LogP contribution is 2.18. The lowest BCUT2D eigenvalue weighted by molar-refractivity contribution is 0.0690. The molecule has 5 heteroatoms. The fourth-order valence-electron chi connectivity index (χ4n) is 1.75.